The molecule has 23 heavy (non-hydrogen) atoms. The molecule has 0 atom stereocenters. The second-order valence-corrected chi connectivity index (χ2v) is 6.34. The molecule has 0 unspecified atom stereocenters. The molecule has 0 saturated carbocycles. The van der Waals surface area contributed by atoms with Crippen LogP contribution in [0, 0.1) is 5.82 Å². The fourth-order valence-corrected chi connectivity index (χ4v) is 3.02. The minimum atomic E-state index is -1.14. The van der Waals surface area contributed by atoms with Crippen molar-refractivity contribution in [2.24, 2.45) is 0 Å². The fraction of sp³-hybridized carbons (Fsp3) is 0.235. The van der Waals surface area contributed by atoms with Crippen molar-refractivity contribution < 1.29 is 19.4 Å². The zero-order chi connectivity index (χ0) is 17.3. The van der Waals surface area contributed by atoms with E-state index in [1.165, 1.54) is 24.3 Å². The highest BCUT2D eigenvalue weighted by atomic mass is 35.5. The minimum Gasteiger partial charge on any atom is -0.508 e. The van der Waals surface area contributed by atoms with Gasteiger partial charge in [-0.3, -0.25) is 0 Å². The van der Waals surface area contributed by atoms with Crippen LogP contribution < -0.4 is 0 Å². The van der Waals surface area contributed by atoms with Crippen LogP contribution >= 0.6 is 23.2 Å². The predicted octanol–water partition coefficient (Wildman–Crippen LogP) is 5.25. The summed E-state index contributed by atoms with van der Waals surface area (Å²) in [4.78, 5) is 11.0. The largest absolute Gasteiger partial charge is 0.508 e. The molecule has 3 nitrogen and oxygen atoms in total. The van der Waals surface area contributed by atoms with Crippen LogP contribution in [-0.2, 0) is 6.42 Å². The van der Waals surface area contributed by atoms with Crippen LogP contribution in [0.25, 0.3) is 0 Å². The Morgan fingerprint density at radius 3 is 2.26 bits per heavy atom. The number of aromatic hydroxyl groups is 1. The number of rotatable bonds is 4. The first-order valence-corrected chi connectivity index (χ1v) is 7.69. The van der Waals surface area contributed by atoms with Gasteiger partial charge in [-0.05, 0) is 35.2 Å². The van der Waals surface area contributed by atoms with Crippen LogP contribution in [0.4, 0.5) is 4.39 Å². The van der Waals surface area contributed by atoms with Gasteiger partial charge in [-0.2, -0.15) is 0 Å². The molecule has 0 aliphatic rings. The van der Waals surface area contributed by atoms with Crippen molar-refractivity contribution in [3.63, 3.8) is 0 Å². The van der Waals surface area contributed by atoms with Crippen molar-refractivity contribution in [2.75, 3.05) is 0 Å². The number of halogens is 3. The molecule has 2 aromatic carbocycles. The fourth-order valence-electron chi connectivity index (χ4n) is 2.40. The van der Waals surface area contributed by atoms with E-state index in [1.807, 2.05) is 0 Å². The number of benzene rings is 2. The molecule has 2 aromatic rings. The molecule has 0 amide bonds. The quantitative estimate of drug-likeness (QED) is 0.786. The first kappa shape index (κ1) is 17.6. The zero-order valence-corrected chi connectivity index (χ0v) is 14.0. The number of hydrogen-bond donors (Lipinski definition) is 2. The van der Waals surface area contributed by atoms with Gasteiger partial charge in [-0.25, -0.2) is 9.18 Å². The van der Waals surface area contributed by atoms with E-state index in [1.54, 1.807) is 13.8 Å². The molecule has 0 aliphatic carbocycles. The summed E-state index contributed by atoms with van der Waals surface area (Å²) >= 11 is 12.2. The smallest absolute Gasteiger partial charge is 0.335 e. The van der Waals surface area contributed by atoms with E-state index in [-0.39, 0.29) is 39.3 Å². The van der Waals surface area contributed by atoms with Gasteiger partial charge < -0.3 is 10.2 Å². The third kappa shape index (κ3) is 3.59. The number of phenols is 1. The maximum atomic E-state index is 14.6. The number of phenolic OH excluding ortho intramolecular Hbond substituents is 1. The number of carboxylic acids is 1. The summed E-state index contributed by atoms with van der Waals surface area (Å²) in [6.45, 7) is 3.56. The van der Waals surface area contributed by atoms with Crippen molar-refractivity contribution in [1.82, 2.24) is 0 Å². The van der Waals surface area contributed by atoms with E-state index < -0.39 is 11.8 Å². The van der Waals surface area contributed by atoms with Gasteiger partial charge in [-0.1, -0.05) is 43.1 Å². The highest BCUT2D eigenvalue weighted by molar-refractivity contribution is 6.36. The van der Waals surface area contributed by atoms with Crippen LogP contribution in [0.1, 0.15) is 46.8 Å². The molecule has 2 rings (SSSR count). The number of carbonyl (C=O) groups is 1. The van der Waals surface area contributed by atoms with E-state index >= 15 is 0 Å². The van der Waals surface area contributed by atoms with Gasteiger partial charge >= 0.3 is 5.97 Å². The third-order valence-electron chi connectivity index (χ3n) is 3.57. The summed E-state index contributed by atoms with van der Waals surface area (Å²) in [7, 11) is 0. The lowest BCUT2D eigenvalue weighted by Gasteiger charge is -2.14. The van der Waals surface area contributed by atoms with Crippen molar-refractivity contribution in [3.05, 3.63) is 62.4 Å². The second kappa shape index (κ2) is 6.77. The summed E-state index contributed by atoms with van der Waals surface area (Å²) in [6.07, 6.45) is 0.101. The van der Waals surface area contributed by atoms with Gasteiger partial charge in [0, 0.05) is 22.0 Å². The molecular weight excluding hydrogens is 342 g/mol. The van der Waals surface area contributed by atoms with Gasteiger partial charge in [0.2, 0.25) is 0 Å². The Labute approximate surface area is 143 Å². The number of hydrogen-bond acceptors (Lipinski definition) is 2. The Morgan fingerprint density at radius 1 is 1.22 bits per heavy atom. The minimum absolute atomic E-state index is 0.0298. The normalized spacial score (nSPS) is 11.0. The van der Waals surface area contributed by atoms with Crippen molar-refractivity contribution >= 4 is 29.2 Å². The summed E-state index contributed by atoms with van der Waals surface area (Å²) in [6, 6.07) is 5.47. The van der Waals surface area contributed by atoms with E-state index in [0.717, 1.165) is 0 Å². The number of carboxylic acid groups (broad SMARTS) is 1. The molecule has 2 N–H and O–H groups in total. The van der Waals surface area contributed by atoms with Crippen LogP contribution in [0.5, 0.6) is 5.75 Å². The Kier molecular flexibility index (Phi) is 5.17. The molecule has 0 spiro atoms. The average molecular weight is 357 g/mol. The first-order chi connectivity index (χ1) is 10.7. The van der Waals surface area contributed by atoms with Crippen molar-refractivity contribution in [3.8, 4) is 5.75 Å². The molecule has 0 aromatic heterocycles. The summed E-state index contributed by atoms with van der Waals surface area (Å²) in [5, 5.41) is 19.1. The van der Waals surface area contributed by atoms with Crippen molar-refractivity contribution in [1.29, 1.82) is 0 Å². The molecule has 0 radical (unpaired) electrons. The maximum absolute atomic E-state index is 14.6. The van der Waals surface area contributed by atoms with Crippen molar-refractivity contribution in [2.45, 2.75) is 26.2 Å². The average Bonchev–Trinajstić information content (AvgIpc) is 2.44. The van der Waals surface area contributed by atoms with Crippen LogP contribution in [-0.4, -0.2) is 16.2 Å². The first-order valence-electron chi connectivity index (χ1n) is 6.93. The summed E-state index contributed by atoms with van der Waals surface area (Å²) in [5.41, 5.74) is 0.978. The Hall–Kier alpha value is -1.78. The topological polar surface area (TPSA) is 57.5 Å². The molecule has 0 fully saturated rings. The third-order valence-corrected chi connectivity index (χ3v) is 4.24. The predicted molar refractivity (Wildman–Crippen MR) is 88.4 cm³/mol. The standard InChI is InChI=1S/C17H15Cl2FO3/c1-8(2)15-14(21)4-3-9(16(15)20)5-11-12(18)6-10(17(22)23)7-13(11)19/h3-4,6-8,21H,5H2,1-2H3,(H,22,23). The molecule has 0 saturated heterocycles. The second-order valence-electron chi connectivity index (χ2n) is 5.53. The molecule has 122 valence electrons. The van der Waals surface area contributed by atoms with Crippen LogP contribution in [0.3, 0.4) is 0 Å². The monoisotopic (exact) mass is 356 g/mol. The zero-order valence-electron chi connectivity index (χ0n) is 12.5. The molecule has 6 heteroatoms. The van der Waals surface area contributed by atoms with Gasteiger partial charge in [0.1, 0.15) is 11.6 Å². The van der Waals surface area contributed by atoms with Crippen LogP contribution in [0.2, 0.25) is 10.0 Å². The highest BCUT2D eigenvalue weighted by Gasteiger charge is 2.19. The maximum Gasteiger partial charge on any atom is 0.335 e. The Morgan fingerprint density at radius 2 is 1.78 bits per heavy atom. The van der Waals surface area contributed by atoms with Gasteiger partial charge in [0.15, 0.2) is 0 Å². The highest BCUT2D eigenvalue weighted by Crippen LogP contribution is 2.34. The Balaban J connectivity index is 2.48. The lowest BCUT2D eigenvalue weighted by molar-refractivity contribution is 0.0697. The van der Waals surface area contributed by atoms with Gasteiger partial charge in [0.05, 0.1) is 5.56 Å². The molecule has 0 heterocycles. The van der Waals surface area contributed by atoms with Gasteiger partial charge in [-0.15, -0.1) is 0 Å². The number of aromatic carboxylic acids is 1. The van der Waals surface area contributed by atoms with Gasteiger partial charge in [0.25, 0.3) is 0 Å². The van der Waals surface area contributed by atoms with E-state index in [0.29, 0.717) is 11.1 Å². The molecular formula is C17H15Cl2FO3. The summed E-state index contributed by atoms with van der Waals surface area (Å²) < 4.78 is 14.6. The van der Waals surface area contributed by atoms with E-state index in [2.05, 4.69) is 0 Å². The van der Waals surface area contributed by atoms with E-state index in [9.17, 15) is 14.3 Å². The van der Waals surface area contributed by atoms with E-state index in [4.69, 9.17) is 28.3 Å². The lowest BCUT2D eigenvalue weighted by Crippen LogP contribution is -2.03. The summed E-state index contributed by atoms with van der Waals surface area (Å²) in [5.74, 6) is -1.93. The SMILES string of the molecule is CC(C)c1c(O)ccc(Cc2c(Cl)cc(C(=O)O)cc2Cl)c1F. The lowest BCUT2D eigenvalue weighted by atomic mass is 9.95. The Bertz CT molecular complexity index is 750. The van der Waals surface area contributed by atoms with Crippen LogP contribution in [0.15, 0.2) is 24.3 Å². The molecule has 0 aliphatic heterocycles. The molecule has 0 bridgehead atoms.